The minimum absolute atomic E-state index is 0.0138. The number of nitrogens with one attached hydrogen (secondary N) is 1. The second-order valence-electron chi connectivity index (χ2n) is 5.58. The van der Waals surface area contributed by atoms with Crippen LogP contribution < -0.4 is 10.9 Å². The van der Waals surface area contributed by atoms with Gasteiger partial charge >= 0.3 is 0 Å². The van der Waals surface area contributed by atoms with Crippen LogP contribution in [0.5, 0.6) is 0 Å². The Bertz CT molecular complexity index is 894. The third-order valence-corrected chi connectivity index (χ3v) is 4.69. The average Bonchev–Trinajstić information content (AvgIpc) is 3.03. The number of thiophene rings is 1. The molecule has 3 rings (SSSR count). The lowest BCUT2D eigenvalue weighted by Crippen LogP contribution is -2.21. The van der Waals surface area contributed by atoms with Gasteiger partial charge in [0.25, 0.3) is 11.5 Å². The molecule has 0 aliphatic heterocycles. The highest BCUT2D eigenvalue weighted by Gasteiger charge is 2.07. The van der Waals surface area contributed by atoms with Crippen molar-refractivity contribution in [2.75, 3.05) is 0 Å². The van der Waals surface area contributed by atoms with E-state index in [9.17, 15) is 9.59 Å². The number of hydrogen-bond donors (Lipinski definition) is 1. The second kappa shape index (κ2) is 7.27. The van der Waals surface area contributed by atoms with Crippen molar-refractivity contribution in [2.24, 2.45) is 0 Å². The molecule has 0 saturated carbocycles. The maximum Gasteiger partial charge on any atom is 0.261 e. The van der Waals surface area contributed by atoms with Crippen LogP contribution in [0.1, 0.15) is 25.7 Å². The molecule has 0 fully saturated rings. The summed E-state index contributed by atoms with van der Waals surface area (Å²) < 4.78 is 1.66. The van der Waals surface area contributed by atoms with Gasteiger partial charge in [-0.15, -0.1) is 11.3 Å². The van der Waals surface area contributed by atoms with Crippen molar-refractivity contribution >= 4 is 17.2 Å². The summed E-state index contributed by atoms with van der Waals surface area (Å²) in [5, 5.41) is 2.92. The van der Waals surface area contributed by atoms with Gasteiger partial charge in [-0.2, -0.15) is 0 Å². The number of benzene rings is 1. The first-order valence-electron chi connectivity index (χ1n) is 7.70. The summed E-state index contributed by atoms with van der Waals surface area (Å²) in [6.07, 6.45) is 1.78. The average molecular weight is 338 g/mol. The molecule has 0 aliphatic rings. The fraction of sp³-hybridized carbons (Fsp3) is 0.158. The minimum atomic E-state index is -0.0481. The number of rotatable bonds is 5. The molecule has 1 aromatic carbocycles. The number of nitrogens with zero attached hydrogens (tertiary/aromatic N) is 1. The molecule has 0 saturated heterocycles. The van der Waals surface area contributed by atoms with Gasteiger partial charge in [-0.25, -0.2) is 0 Å². The molecule has 0 atom stereocenters. The van der Waals surface area contributed by atoms with Crippen LogP contribution in [0.2, 0.25) is 0 Å². The Morgan fingerprint density at radius 3 is 2.46 bits per heavy atom. The molecule has 0 aliphatic carbocycles. The largest absolute Gasteiger partial charge is 0.347 e. The third kappa shape index (κ3) is 4.00. The van der Waals surface area contributed by atoms with Gasteiger partial charge in [0.15, 0.2) is 0 Å². The molecule has 5 heteroatoms. The van der Waals surface area contributed by atoms with Crippen molar-refractivity contribution in [3.63, 3.8) is 0 Å². The molecule has 24 heavy (non-hydrogen) atoms. The summed E-state index contributed by atoms with van der Waals surface area (Å²) >= 11 is 1.49. The summed E-state index contributed by atoms with van der Waals surface area (Å²) in [5.41, 5.74) is 2.06. The third-order valence-electron chi connectivity index (χ3n) is 3.69. The van der Waals surface area contributed by atoms with E-state index in [1.54, 1.807) is 22.9 Å². The van der Waals surface area contributed by atoms with Crippen LogP contribution in [-0.2, 0) is 13.1 Å². The highest BCUT2D eigenvalue weighted by Crippen LogP contribution is 2.15. The molecular formula is C19H18N2O2S. The zero-order valence-electron chi connectivity index (χ0n) is 13.4. The number of aromatic nitrogens is 1. The van der Waals surface area contributed by atoms with Gasteiger partial charge in [-0.1, -0.05) is 30.3 Å². The van der Waals surface area contributed by atoms with E-state index < -0.39 is 0 Å². The Hall–Kier alpha value is -2.66. The Kier molecular flexibility index (Phi) is 4.91. The number of pyridine rings is 1. The van der Waals surface area contributed by atoms with Gasteiger partial charge < -0.3 is 9.88 Å². The zero-order valence-corrected chi connectivity index (χ0v) is 14.2. The number of aryl methyl sites for hydroxylation is 1. The van der Waals surface area contributed by atoms with E-state index in [0.29, 0.717) is 13.1 Å². The van der Waals surface area contributed by atoms with Crippen LogP contribution in [0.3, 0.4) is 0 Å². The molecule has 0 unspecified atom stereocenters. The topological polar surface area (TPSA) is 51.1 Å². The van der Waals surface area contributed by atoms with Crippen LogP contribution in [0, 0.1) is 6.92 Å². The van der Waals surface area contributed by atoms with Gasteiger partial charge in [-0.3, -0.25) is 9.59 Å². The fourth-order valence-electron chi connectivity index (χ4n) is 2.38. The molecule has 3 aromatic rings. The van der Waals surface area contributed by atoms with Crippen molar-refractivity contribution in [1.82, 2.24) is 9.88 Å². The fourth-order valence-corrected chi connectivity index (χ4v) is 3.16. The summed E-state index contributed by atoms with van der Waals surface area (Å²) in [7, 11) is 0. The van der Waals surface area contributed by atoms with Gasteiger partial charge in [0.05, 0.1) is 11.4 Å². The van der Waals surface area contributed by atoms with E-state index in [4.69, 9.17) is 0 Å². The summed E-state index contributed by atoms with van der Waals surface area (Å²) in [6.45, 7) is 3.01. The first kappa shape index (κ1) is 16.2. The van der Waals surface area contributed by atoms with Gasteiger partial charge in [-0.05, 0) is 36.2 Å². The van der Waals surface area contributed by atoms with Crippen LogP contribution in [0.15, 0.2) is 65.6 Å². The molecule has 0 spiro atoms. The SMILES string of the molecule is Cc1ccc(C(=O)NCc2ccc(Cn3ccccc3=O)cc2)s1. The number of amides is 1. The number of hydrogen-bond acceptors (Lipinski definition) is 3. The molecule has 2 aromatic heterocycles. The Balaban J connectivity index is 1.59. The highest BCUT2D eigenvalue weighted by molar-refractivity contribution is 7.13. The zero-order chi connectivity index (χ0) is 16.9. The Labute approximate surface area is 144 Å². The van der Waals surface area contributed by atoms with Crippen molar-refractivity contribution in [3.8, 4) is 0 Å². The van der Waals surface area contributed by atoms with Crippen molar-refractivity contribution < 1.29 is 4.79 Å². The van der Waals surface area contributed by atoms with E-state index in [0.717, 1.165) is 20.9 Å². The quantitative estimate of drug-likeness (QED) is 0.777. The van der Waals surface area contributed by atoms with Gasteiger partial charge in [0.1, 0.15) is 0 Å². The highest BCUT2D eigenvalue weighted by atomic mass is 32.1. The summed E-state index contributed by atoms with van der Waals surface area (Å²) in [4.78, 5) is 25.6. The van der Waals surface area contributed by atoms with Crippen molar-refractivity contribution in [1.29, 1.82) is 0 Å². The predicted octanol–water partition coefficient (Wildman–Crippen LogP) is 3.20. The normalized spacial score (nSPS) is 10.5. The van der Waals surface area contributed by atoms with E-state index in [2.05, 4.69) is 5.32 Å². The van der Waals surface area contributed by atoms with Crippen LogP contribution in [0.4, 0.5) is 0 Å². The molecule has 2 heterocycles. The number of carbonyl (C=O) groups excluding carboxylic acids is 1. The molecular weight excluding hydrogens is 320 g/mol. The van der Waals surface area contributed by atoms with Gasteiger partial charge in [0.2, 0.25) is 0 Å². The maximum absolute atomic E-state index is 12.0. The lowest BCUT2D eigenvalue weighted by molar-refractivity contribution is 0.0955. The van der Waals surface area contributed by atoms with E-state index >= 15 is 0 Å². The monoisotopic (exact) mass is 338 g/mol. The molecule has 0 bridgehead atoms. The Morgan fingerprint density at radius 2 is 1.79 bits per heavy atom. The van der Waals surface area contributed by atoms with Crippen LogP contribution >= 0.6 is 11.3 Å². The predicted molar refractivity (Wildman–Crippen MR) is 96.5 cm³/mol. The summed E-state index contributed by atoms with van der Waals surface area (Å²) in [5.74, 6) is -0.0481. The minimum Gasteiger partial charge on any atom is -0.347 e. The number of carbonyl (C=O) groups is 1. The summed E-state index contributed by atoms with van der Waals surface area (Å²) in [6, 6.07) is 16.8. The maximum atomic E-state index is 12.0. The van der Waals surface area contributed by atoms with Crippen LogP contribution in [-0.4, -0.2) is 10.5 Å². The second-order valence-corrected chi connectivity index (χ2v) is 6.86. The lowest BCUT2D eigenvalue weighted by Gasteiger charge is -2.07. The molecule has 4 nitrogen and oxygen atoms in total. The van der Waals surface area contributed by atoms with E-state index in [1.165, 1.54) is 11.3 Å². The van der Waals surface area contributed by atoms with E-state index in [-0.39, 0.29) is 11.5 Å². The smallest absolute Gasteiger partial charge is 0.261 e. The molecule has 1 N–H and O–H groups in total. The standard InChI is InChI=1S/C19H18N2O2S/c1-14-5-10-17(24-14)19(23)20-12-15-6-8-16(9-7-15)13-21-11-3-2-4-18(21)22/h2-11H,12-13H2,1H3,(H,20,23). The lowest BCUT2D eigenvalue weighted by atomic mass is 10.1. The first-order chi connectivity index (χ1) is 11.6. The van der Waals surface area contributed by atoms with Crippen molar-refractivity contribution in [3.05, 3.63) is 92.0 Å². The first-order valence-corrected chi connectivity index (χ1v) is 8.51. The van der Waals surface area contributed by atoms with Crippen molar-refractivity contribution in [2.45, 2.75) is 20.0 Å². The van der Waals surface area contributed by atoms with E-state index in [1.807, 2.05) is 49.4 Å². The molecule has 1 amide bonds. The Morgan fingerprint density at radius 1 is 1.04 bits per heavy atom. The van der Waals surface area contributed by atoms with Gasteiger partial charge in [0, 0.05) is 23.7 Å². The molecule has 0 radical (unpaired) electrons. The molecule has 122 valence electrons. The van der Waals surface area contributed by atoms with Crippen LogP contribution in [0.25, 0.3) is 0 Å².